The van der Waals surface area contributed by atoms with Crippen molar-refractivity contribution < 1.29 is 14.9 Å². The molecule has 17 heavy (non-hydrogen) atoms. The highest BCUT2D eigenvalue weighted by atomic mass is 16.5. The quantitative estimate of drug-likeness (QED) is 0.675. The van der Waals surface area contributed by atoms with Crippen molar-refractivity contribution in [2.24, 2.45) is 5.92 Å². The predicted octanol–water partition coefficient (Wildman–Crippen LogP) is 1.51. The van der Waals surface area contributed by atoms with Gasteiger partial charge in [0.25, 0.3) is 0 Å². The normalized spacial score (nSPS) is 12.4. The van der Waals surface area contributed by atoms with E-state index < -0.39 is 0 Å². The molecule has 0 amide bonds. The number of phenolic OH excluding ortho intramolecular Hbond substituents is 1. The lowest BCUT2D eigenvalue weighted by molar-refractivity contribution is 0.260. The van der Waals surface area contributed by atoms with Crippen LogP contribution < -0.4 is 10.1 Å². The van der Waals surface area contributed by atoms with Gasteiger partial charge in [0.1, 0.15) is 0 Å². The lowest BCUT2D eigenvalue weighted by Crippen LogP contribution is -2.21. The second kappa shape index (κ2) is 7.14. The van der Waals surface area contributed by atoms with E-state index in [2.05, 4.69) is 12.2 Å². The Bertz CT molecular complexity index is 341. The molecular weight excluding hydrogens is 218 g/mol. The topological polar surface area (TPSA) is 61.7 Å². The lowest BCUT2D eigenvalue weighted by atomic mass is 10.1. The zero-order valence-electron chi connectivity index (χ0n) is 10.4. The zero-order valence-corrected chi connectivity index (χ0v) is 10.4. The predicted molar refractivity (Wildman–Crippen MR) is 67.2 cm³/mol. The van der Waals surface area contributed by atoms with Crippen molar-refractivity contribution in [1.82, 2.24) is 5.32 Å². The van der Waals surface area contributed by atoms with Crippen LogP contribution in [0.5, 0.6) is 11.5 Å². The summed E-state index contributed by atoms with van der Waals surface area (Å²) in [6.45, 7) is 3.71. The Morgan fingerprint density at radius 1 is 1.41 bits per heavy atom. The number of rotatable bonds is 7. The van der Waals surface area contributed by atoms with Gasteiger partial charge in [-0.25, -0.2) is 0 Å². The number of ether oxygens (including phenoxy) is 1. The SMILES string of the molecule is COc1cccc(CNCC(C)CCO)c1O. The Labute approximate surface area is 102 Å². The number of aliphatic hydroxyl groups excluding tert-OH is 1. The Hall–Kier alpha value is -1.26. The van der Waals surface area contributed by atoms with E-state index in [0.717, 1.165) is 18.5 Å². The Morgan fingerprint density at radius 3 is 2.82 bits per heavy atom. The van der Waals surface area contributed by atoms with Gasteiger partial charge in [0.2, 0.25) is 0 Å². The van der Waals surface area contributed by atoms with E-state index in [-0.39, 0.29) is 12.4 Å². The van der Waals surface area contributed by atoms with Crippen LogP contribution in [0, 0.1) is 5.92 Å². The molecule has 0 spiro atoms. The van der Waals surface area contributed by atoms with Crippen molar-refractivity contribution in [3.8, 4) is 11.5 Å². The molecule has 1 aromatic carbocycles. The van der Waals surface area contributed by atoms with E-state index in [1.165, 1.54) is 7.11 Å². The molecule has 1 atom stereocenters. The van der Waals surface area contributed by atoms with Crippen LogP contribution in [-0.2, 0) is 6.54 Å². The summed E-state index contributed by atoms with van der Waals surface area (Å²) in [4.78, 5) is 0. The van der Waals surface area contributed by atoms with Gasteiger partial charge in [-0.15, -0.1) is 0 Å². The molecule has 0 aliphatic heterocycles. The smallest absolute Gasteiger partial charge is 0.162 e. The summed E-state index contributed by atoms with van der Waals surface area (Å²) in [5.74, 6) is 1.11. The minimum atomic E-state index is 0.192. The van der Waals surface area contributed by atoms with Crippen molar-refractivity contribution in [1.29, 1.82) is 0 Å². The monoisotopic (exact) mass is 239 g/mol. The standard InChI is InChI=1S/C13H21NO3/c1-10(6-7-15)8-14-9-11-4-3-5-12(17-2)13(11)16/h3-5,10,14-16H,6-9H2,1-2H3. The maximum atomic E-state index is 9.85. The average Bonchev–Trinajstić information content (AvgIpc) is 2.32. The maximum absolute atomic E-state index is 9.85. The highest BCUT2D eigenvalue weighted by Crippen LogP contribution is 2.29. The first-order valence-corrected chi connectivity index (χ1v) is 5.85. The lowest BCUT2D eigenvalue weighted by Gasteiger charge is -2.13. The van der Waals surface area contributed by atoms with Gasteiger partial charge >= 0.3 is 0 Å². The van der Waals surface area contributed by atoms with Crippen LogP contribution in [0.15, 0.2) is 18.2 Å². The van der Waals surface area contributed by atoms with Crippen LogP contribution in [0.4, 0.5) is 0 Å². The molecule has 4 nitrogen and oxygen atoms in total. The number of benzene rings is 1. The molecule has 0 aliphatic carbocycles. The molecule has 0 radical (unpaired) electrons. The summed E-state index contributed by atoms with van der Waals surface area (Å²) in [5, 5.41) is 21.9. The zero-order chi connectivity index (χ0) is 12.7. The highest BCUT2D eigenvalue weighted by molar-refractivity contribution is 5.45. The molecule has 1 rings (SSSR count). The molecule has 0 bridgehead atoms. The van der Waals surface area contributed by atoms with Crippen LogP contribution in [-0.4, -0.2) is 30.5 Å². The molecule has 0 heterocycles. The van der Waals surface area contributed by atoms with E-state index in [9.17, 15) is 5.11 Å². The summed E-state index contributed by atoms with van der Waals surface area (Å²) in [6, 6.07) is 5.45. The molecule has 3 N–H and O–H groups in total. The molecule has 0 aromatic heterocycles. The summed E-state index contributed by atoms with van der Waals surface area (Å²) in [6.07, 6.45) is 0.789. The van der Waals surface area contributed by atoms with Crippen LogP contribution in [0.2, 0.25) is 0 Å². The van der Waals surface area contributed by atoms with Crippen molar-refractivity contribution in [2.75, 3.05) is 20.3 Å². The molecule has 0 saturated carbocycles. The van der Waals surface area contributed by atoms with Gasteiger partial charge in [0, 0.05) is 18.7 Å². The van der Waals surface area contributed by atoms with Gasteiger partial charge in [-0.05, 0) is 24.9 Å². The summed E-state index contributed by atoms with van der Waals surface area (Å²) in [7, 11) is 1.54. The van der Waals surface area contributed by atoms with Gasteiger partial charge in [-0.3, -0.25) is 0 Å². The Morgan fingerprint density at radius 2 is 2.18 bits per heavy atom. The fourth-order valence-electron chi connectivity index (χ4n) is 1.65. The number of nitrogens with one attached hydrogen (secondary N) is 1. The first-order chi connectivity index (χ1) is 8.19. The number of methoxy groups -OCH3 is 1. The number of hydrogen-bond acceptors (Lipinski definition) is 4. The van der Waals surface area contributed by atoms with E-state index in [1.54, 1.807) is 6.07 Å². The number of para-hydroxylation sites is 1. The van der Waals surface area contributed by atoms with E-state index in [0.29, 0.717) is 18.2 Å². The Kier molecular flexibility index (Phi) is 5.80. The second-order valence-electron chi connectivity index (χ2n) is 4.22. The number of phenols is 1. The third-order valence-corrected chi connectivity index (χ3v) is 2.73. The fraction of sp³-hybridized carbons (Fsp3) is 0.538. The van der Waals surface area contributed by atoms with E-state index >= 15 is 0 Å². The van der Waals surface area contributed by atoms with Crippen LogP contribution in [0.25, 0.3) is 0 Å². The minimum absolute atomic E-state index is 0.192. The van der Waals surface area contributed by atoms with E-state index in [1.807, 2.05) is 12.1 Å². The minimum Gasteiger partial charge on any atom is -0.504 e. The van der Waals surface area contributed by atoms with Crippen molar-refractivity contribution in [3.05, 3.63) is 23.8 Å². The summed E-state index contributed by atoms with van der Waals surface area (Å²) in [5.41, 5.74) is 0.820. The number of hydrogen-bond donors (Lipinski definition) is 3. The van der Waals surface area contributed by atoms with Crippen LogP contribution >= 0.6 is 0 Å². The third-order valence-electron chi connectivity index (χ3n) is 2.73. The van der Waals surface area contributed by atoms with Crippen molar-refractivity contribution in [3.63, 3.8) is 0 Å². The van der Waals surface area contributed by atoms with Gasteiger partial charge in [0.15, 0.2) is 11.5 Å². The fourth-order valence-corrected chi connectivity index (χ4v) is 1.65. The first-order valence-electron chi connectivity index (χ1n) is 5.85. The molecule has 0 aliphatic rings. The number of aliphatic hydroxyl groups is 1. The van der Waals surface area contributed by atoms with Gasteiger partial charge < -0.3 is 20.3 Å². The maximum Gasteiger partial charge on any atom is 0.162 e. The molecular formula is C13H21NO3. The van der Waals surface area contributed by atoms with Crippen LogP contribution in [0.3, 0.4) is 0 Å². The van der Waals surface area contributed by atoms with Gasteiger partial charge in [-0.1, -0.05) is 19.1 Å². The van der Waals surface area contributed by atoms with E-state index in [4.69, 9.17) is 9.84 Å². The third kappa shape index (κ3) is 4.24. The first kappa shape index (κ1) is 13.8. The Balaban J connectivity index is 2.46. The summed E-state index contributed by atoms with van der Waals surface area (Å²) >= 11 is 0. The second-order valence-corrected chi connectivity index (χ2v) is 4.22. The molecule has 1 aromatic rings. The van der Waals surface area contributed by atoms with Gasteiger partial charge in [-0.2, -0.15) is 0 Å². The largest absolute Gasteiger partial charge is 0.504 e. The molecule has 1 unspecified atom stereocenters. The van der Waals surface area contributed by atoms with Crippen LogP contribution in [0.1, 0.15) is 18.9 Å². The molecule has 0 fully saturated rings. The van der Waals surface area contributed by atoms with Gasteiger partial charge in [0.05, 0.1) is 7.11 Å². The summed E-state index contributed by atoms with van der Waals surface area (Å²) < 4.78 is 5.04. The average molecular weight is 239 g/mol. The number of aromatic hydroxyl groups is 1. The van der Waals surface area contributed by atoms with Crippen molar-refractivity contribution in [2.45, 2.75) is 19.9 Å². The highest BCUT2D eigenvalue weighted by Gasteiger charge is 2.07. The van der Waals surface area contributed by atoms with Crippen molar-refractivity contribution >= 4 is 0 Å². The molecule has 96 valence electrons. The molecule has 4 heteroatoms. The molecule has 0 saturated heterocycles.